The third-order valence-corrected chi connectivity index (χ3v) is 8.29. The van der Waals surface area contributed by atoms with Gasteiger partial charge < -0.3 is 4.98 Å². The number of H-pyrrole nitrogens is 1. The maximum atomic E-state index is 12.4. The number of aromatic amines is 1. The molecule has 4 rings (SSSR count). The minimum Gasteiger partial charge on any atom is -0.357 e. The maximum absolute atomic E-state index is 12.4. The monoisotopic (exact) mass is 446 g/mol. The van der Waals surface area contributed by atoms with E-state index in [9.17, 15) is 8.42 Å². The predicted octanol–water partition coefficient (Wildman–Crippen LogP) is 5.02. The van der Waals surface area contributed by atoms with Gasteiger partial charge in [0.15, 0.2) is 0 Å². The van der Waals surface area contributed by atoms with Crippen LogP contribution in [0.15, 0.2) is 36.5 Å². The van der Waals surface area contributed by atoms with Gasteiger partial charge in [-0.05, 0) is 82.7 Å². The van der Waals surface area contributed by atoms with E-state index in [1.54, 1.807) is 33.0 Å². The van der Waals surface area contributed by atoms with Gasteiger partial charge in [0.05, 0.1) is 21.5 Å². The molecule has 0 saturated heterocycles. The van der Waals surface area contributed by atoms with Crippen molar-refractivity contribution in [3.05, 3.63) is 47.4 Å². The minimum absolute atomic E-state index is 0.0111. The van der Waals surface area contributed by atoms with Crippen molar-refractivity contribution in [3.63, 3.8) is 0 Å². The second-order valence-electron chi connectivity index (χ2n) is 9.01. The third kappa shape index (κ3) is 4.38. The van der Waals surface area contributed by atoms with Crippen LogP contribution >= 0.6 is 11.6 Å². The van der Waals surface area contributed by atoms with Gasteiger partial charge in [0.1, 0.15) is 5.15 Å². The van der Waals surface area contributed by atoms with Crippen molar-refractivity contribution >= 4 is 32.7 Å². The standard InChI is InChI=1S/C22H27ClN4O2S/c1-22(2,3)30(28,29)27-16-7-4-14(5-8-16)19-12-20-18(26-19)10-9-17(25-20)15-6-11-21(23)24-13-15/h6,9-14,16,26-27H,4-5,7-8H2,1-3H3. The van der Waals surface area contributed by atoms with Gasteiger partial charge in [-0.2, -0.15) is 0 Å². The van der Waals surface area contributed by atoms with Crippen LogP contribution < -0.4 is 4.72 Å². The summed E-state index contributed by atoms with van der Waals surface area (Å²) in [6, 6.07) is 9.82. The largest absolute Gasteiger partial charge is 0.357 e. The number of rotatable bonds is 4. The fourth-order valence-corrected chi connectivity index (χ4v) is 5.00. The Morgan fingerprint density at radius 3 is 2.47 bits per heavy atom. The van der Waals surface area contributed by atoms with E-state index in [2.05, 4.69) is 20.8 Å². The number of hydrogen-bond acceptors (Lipinski definition) is 4. The van der Waals surface area contributed by atoms with Gasteiger partial charge in [-0.3, -0.25) is 0 Å². The lowest BCUT2D eigenvalue weighted by Gasteiger charge is -2.31. The molecule has 3 heterocycles. The third-order valence-electron chi connectivity index (χ3n) is 5.81. The molecule has 2 N–H and O–H groups in total. The summed E-state index contributed by atoms with van der Waals surface area (Å²) in [6.45, 7) is 5.19. The lowest BCUT2D eigenvalue weighted by Crippen LogP contribution is -2.45. The lowest BCUT2D eigenvalue weighted by molar-refractivity contribution is 0.368. The second kappa shape index (κ2) is 7.94. The van der Waals surface area contributed by atoms with Gasteiger partial charge in [0, 0.05) is 23.5 Å². The number of hydrogen-bond donors (Lipinski definition) is 2. The molecular weight excluding hydrogens is 420 g/mol. The normalized spacial score (nSPS) is 20.5. The van der Waals surface area contributed by atoms with E-state index in [0.717, 1.165) is 48.0 Å². The molecule has 0 aromatic carbocycles. The molecular formula is C22H27ClN4O2S. The highest BCUT2D eigenvalue weighted by Gasteiger charge is 2.33. The summed E-state index contributed by atoms with van der Waals surface area (Å²) in [7, 11) is -3.32. The quantitative estimate of drug-likeness (QED) is 0.550. The fourth-order valence-electron chi connectivity index (χ4n) is 3.86. The molecule has 0 bridgehead atoms. The Morgan fingerprint density at radius 1 is 1.10 bits per heavy atom. The van der Waals surface area contributed by atoms with Crippen molar-refractivity contribution in [2.75, 3.05) is 0 Å². The summed E-state index contributed by atoms with van der Waals surface area (Å²) in [5, 5.41) is 0.462. The molecule has 0 aliphatic heterocycles. The highest BCUT2D eigenvalue weighted by Crippen LogP contribution is 2.35. The van der Waals surface area contributed by atoms with Crippen molar-refractivity contribution in [2.24, 2.45) is 0 Å². The molecule has 1 fully saturated rings. The zero-order chi connectivity index (χ0) is 21.5. The topological polar surface area (TPSA) is 87.7 Å². The number of aromatic nitrogens is 3. The van der Waals surface area contributed by atoms with E-state index < -0.39 is 14.8 Å². The summed E-state index contributed by atoms with van der Waals surface area (Å²) in [4.78, 5) is 12.4. The molecule has 1 saturated carbocycles. The molecule has 8 heteroatoms. The number of halogens is 1. The zero-order valence-electron chi connectivity index (χ0n) is 17.4. The van der Waals surface area contributed by atoms with E-state index in [-0.39, 0.29) is 6.04 Å². The number of nitrogens with zero attached hydrogens (tertiary/aromatic N) is 2. The number of sulfonamides is 1. The Bertz CT molecular complexity index is 1140. The number of pyridine rings is 2. The Labute approximate surface area is 182 Å². The van der Waals surface area contributed by atoms with Crippen molar-refractivity contribution in [3.8, 4) is 11.3 Å². The van der Waals surface area contributed by atoms with E-state index in [1.165, 1.54) is 5.69 Å². The average Bonchev–Trinajstić information content (AvgIpc) is 3.11. The van der Waals surface area contributed by atoms with Crippen LogP contribution in [-0.2, 0) is 10.0 Å². The van der Waals surface area contributed by atoms with Crippen molar-refractivity contribution in [2.45, 2.75) is 63.2 Å². The van der Waals surface area contributed by atoms with Gasteiger partial charge in [0.25, 0.3) is 0 Å². The molecule has 3 aromatic rings. The van der Waals surface area contributed by atoms with Crippen LogP contribution in [0.25, 0.3) is 22.3 Å². The first kappa shape index (κ1) is 21.3. The summed E-state index contributed by atoms with van der Waals surface area (Å²) < 4.78 is 26.9. The van der Waals surface area contributed by atoms with Crippen molar-refractivity contribution in [1.29, 1.82) is 0 Å². The Balaban J connectivity index is 1.46. The maximum Gasteiger partial charge on any atom is 0.216 e. The van der Waals surface area contributed by atoms with Crippen LogP contribution in [0.2, 0.25) is 5.15 Å². The first-order valence-electron chi connectivity index (χ1n) is 10.3. The Kier molecular flexibility index (Phi) is 5.64. The van der Waals surface area contributed by atoms with Crippen LogP contribution in [0.3, 0.4) is 0 Å². The molecule has 160 valence electrons. The second-order valence-corrected chi connectivity index (χ2v) is 11.9. The highest BCUT2D eigenvalue weighted by molar-refractivity contribution is 7.90. The first-order valence-corrected chi connectivity index (χ1v) is 12.1. The molecule has 1 aliphatic rings. The SMILES string of the molecule is CC(C)(C)S(=O)(=O)NC1CCC(c2cc3nc(-c4ccc(Cl)nc4)ccc3[nH]2)CC1. The van der Waals surface area contributed by atoms with E-state index >= 15 is 0 Å². The van der Waals surface area contributed by atoms with Crippen LogP contribution in [0.1, 0.15) is 58.1 Å². The smallest absolute Gasteiger partial charge is 0.216 e. The molecule has 0 radical (unpaired) electrons. The molecule has 0 unspecified atom stereocenters. The Hall–Kier alpha value is -1.96. The highest BCUT2D eigenvalue weighted by atomic mass is 35.5. The van der Waals surface area contributed by atoms with Gasteiger partial charge in [0.2, 0.25) is 10.0 Å². The summed E-state index contributed by atoms with van der Waals surface area (Å²) in [5.41, 5.74) is 4.88. The van der Waals surface area contributed by atoms with Gasteiger partial charge in [-0.25, -0.2) is 23.1 Å². The van der Waals surface area contributed by atoms with E-state index in [4.69, 9.17) is 16.6 Å². The van der Waals surface area contributed by atoms with Crippen molar-refractivity contribution in [1.82, 2.24) is 19.7 Å². The molecule has 3 aromatic heterocycles. The van der Waals surface area contributed by atoms with Crippen LogP contribution in [0.4, 0.5) is 0 Å². The van der Waals surface area contributed by atoms with E-state index in [1.807, 2.05) is 18.2 Å². The average molecular weight is 447 g/mol. The summed E-state index contributed by atoms with van der Waals surface area (Å²) in [5.74, 6) is 0.384. The van der Waals surface area contributed by atoms with Crippen molar-refractivity contribution < 1.29 is 8.42 Å². The Morgan fingerprint density at radius 2 is 1.83 bits per heavy atom. The fraction of sp³-hybridized carbons (Fsp3) is 0.455. The van der Waals surface area contributed by atoms with Crippen LogP contribution in [-0.4, -0.2) is 34.2 Å². The molecule has 6 nitrogen and oxygen atoms in total. The molecule has 0 atom stereocenters. The number of fused-ring (bicyclic) bond motifs is 1. The predicted molar refractivity (Wildman–Crippen MR) is 121 cm³/mol. The molecule has 0 spiro atoms. The van der Waals surface area contributed by atoms with Gasteiger partial charge in [-0.1, -0.05) is 11.6 Å². The van der Waals surface area contributed by atoms with E-state index in [0.29, 0.717) is 11.1 Å². The van der Waals surface area contributed by atoms with Crippen LogP contribution in [0.5, 0.6) is 0 Å². The molecule has 30 heavy (non-hydrogen) atoms. The lowest BCUT2D eigenvalue weighted by atomic mass is 9.84. The first-order chi connectivity index (χ1) is 14.1. The molecule has 0 amide bonds. The minimum atomic E-state index is -3.32. The van der Waals surface area contributed by atoms with Gasteiger partial charge in [-0.15, -0.1) is 0 Å². The van der Waals surface area contributed by atoms with Crippen LogP contribution in [0, 0.1) is 0 Å². The molecule has 1 aliphatic carbocycles. The summed E-state index contributed by atoms with van der Waals surface area (Å²) >= 11 is 5.88. The number of nitrogens with one attached hydrogen (secondary N) is 2. The zero-order valence-corrected chi connectivity index (χ0v) is 19.0. The van der Waals surface area contributed by atoms with Gasteiger partial charge >= 0.3 is 0 Å². The summed E-state index contributed by atoms with van der Waals surface area (Å²) in [6.07, 6.45) is 5.29.